The highest BCUT2D eigenvalue weighted by Crippen LogP contribution is 2.43. The molecule has 3 aromatic heterocycles. The SMILES string of the molecule is Cc1nnc(-c2cc3c(=O)n(C)cc(-c4cc(C(C)(C)O)ccc4Oc4ccc(F)cc4F)c3s2)o1. The van der Waals surface area contributed by atoms with Crippen molar-refractivity contribution in [2.45, 2.75) is 26.4 Å². The average Bonchev–Trinajstić information content (AvgIpc) is 3.44. The van der Waals surface area contributed by atoms with Crippen molar-refractivity contribution in [2.75, 3.05) is 0 Å². The van der Waals surface area contributed by atoms with Gasteiger partial charge in [0, 0.05) is 37.4 Å². The van der Waals surface area contributed by atoms with Crippen LogP contribution in [0.1, 0.15) is 25.3 Å². The van der Waals surface area contributed by atoms with Crippen LogP contribution in [-0.2, 0) is 12.6 Å². The van der Waals surface area contributed by atoms with Crippen molar-refractivity contribution in [1.29, 1.82) is 0 Å². The summed E-state index contributed by atoms with van der Waals surface area (Å²) in [5.41, 5.74) is 0.293. The van der Waals surface area contributed by atoms with Crippen molar-refractivity contribution in [3.05, 3.63) is 82.1 Å². The number of ether oxygens (including phenoxy) is 1. The predicted molar refractivity (Wildman–Crippen MR) is 132 cm³/mol. The highest BCUT2D eigenvalue weighted by Gasteiger charge is 2.23. The Kier molecular flexibility index (Phi) is 5.73. The molecule has 5 aromatic rings. The van der Waals surface area contributed by atoms with Crippen molar-refractivity contribution < 1.29 is 23.0 Å². The van der Waals surface area contributed by atoms with Crippen LogP contribution in [0, 0.1) is 18.6 Å². The Balaban J connectivity index is 1.76. The fourth-order valence-electron chi connectivity index (χ4n) is 3.83. The fourth-order valence-corrected chi connectivity index (χ4v) is 4.93. The van der Waals surface area contributed by atoms with E-state index in [0.717, 1.165) is 12.1 Å². The standard InChI is InChI=1S/C26H21F2N3O4S/c1-13-29-30-24(34-13)22-11-17-23(36-22)18(12-31(4)25(17)32)16-9-14(26(2,3)33)5-7-20(16)35-21-8-6-15(27)10-19(21)28/h5-12,33H,1-4H3. The second-order valence-electron chi connectivity index (χ2n) is 8.89. The maximum absolute atomic E-state index is 14.4. The summed E-state index contributed by atoms with van der Waals surface area (Å²) in [5.74, 6) is -0.801. The molecule has 0 spiro atoms. The lowest BCUT2D eigenvalue weighted by atomic mass is 9.94. The van der Waals surface area contributed by atoms with Gasteiger partial charge in [-0.05, 0) is 49.7 Å². The molecule has 0 atom stereocenters. The lowest BCUT2D eigenvalue weighted by Gasteiger charge is -2.21. The number of hydrogen-bond acceptors (Lipinski definition) is 7. The molecule has 0 saturated carbocycles. The average molecular weight is 510 g/mol. The Morgan fingerprint density at radius 2 is 1.81 bits per heavy atom. The van der Waals surface area contributed by atoms with Gasteiger partial charge in [-0.25, -0.2) is 8.78 Å². The van der Waals surface area contributed by atoms with E-state index in [-0.39, 0.29) is 22.9 Å². The van der Waals surface area contributed by atoms with Gasteiger partial charge < -0.3 is 18.8 Å². The number of fused-ring (bicyclic) bond motifs is 1. The molecule has 0 unspecified atom stereocenters. The van der Waals surface area contributed by atoms with E-state index < -0.39 is 17.2 Å². The number of aromatic nitrogens is 3. The maximum Gasteiger partial charge on any atom is 0.259 e. The largest absolute Gasteiger partial charge is 0.454 e. The number of hydrogen-bond donors (Lipinski definition) is 1. The van der Waals surface area contributed by atoms with Gasteiger partial charge in [-0.2, -0.15) is 0 Å². The van der Waals surface area contributed by atoms with Gasteiger partial charge in [0.1, 0.15) is 11.6 Å². The third-order valence-electron chi connectivity index (χ3n) is 5.68. The molecule has 5 rings (SSSR count). The zero-order valence-corrected chi connectivity index (χ0v) is 20.6. The molecule has 0 aliphatic heterocycles. The minimum absolute atomic E-state index is 0.164. The van der Waals surface area contributed by atoms with Crippen LogP contribution >= 0.6 is 11.3 Å². The molecular weight excluding hydrogens is 488 g/mol. The summed E-state index contributed by atoms with van der Waals surface area (Å²) in [5, 5.41) is 19.0. The summed E-state index contributed by atoms with van der Waals surface area (Å²) in [7, 11) is 1.62. The van der Waals surface area contributed by atoms with Crippen LogP contribution in [0.25, 0.3) is 32.0 Å². The number of aliphatic hydroxyl groups is 1. The molecule has 2 aromatic carbocycles. The Hall–Kier alpha value is -3.89. The van der Waals surface area contributed by atoms with Crippen LogP contribution < -0.4 is 10.3 Å². The first-order chi connectivity index (χ1) is 17.0. The number of benzene rings is 2. The quantitative estimate of drug-likeness (QED) is 0.316. The first-order valence-corrected chi connectivity index (χ1v) is 11.8. The fraction of sp³-hybridized carbons (Fsp3) is 0.192. The minimum atomic E-state index is -1.18. The summed E-state index contributed by atoms with van der Waals surface area (Å²) in [6.45, 7) is 4.96. The molecule has 3 heterocycles. The van der Waals surface area contributed by atoms with E-state index in [4.69, 9.17) is 9.15 Å². The highest BCUT2D eigenvalue weighted by molar-refractivity contribution is 7.22. The van der Waals surface area contributed by atoms with Gasteiger partial charge in [-0.1, -0.05) is 6.07 Å². The first-order valence-electron chi connectivity index (χ1n) is 10.9. The molecule has 0 radical (unpaired) electrons. The molecule has 0 amide bonds. The van der Waals surface area contributed by atoms with E-state index in [9.17, 15) is 18.7 Å². The highest BCUT2D eigenvalue weighted by atomic mass is 32.1. The Morgan fingerprint density at radius 1 is 1.06 bits per heavy atom. The van der Waals surface area contributed by atoms with Crippen LogP contribution in [0.2, 0.25) is 0 Å². The first kappa shape index (κ1) is 23.8. The molecule has 0 fully saturated rings. The third-order valence-corrected chi connectivity index (χ3v) is 6.83. The van der Waals surface area contributed by atoms with E-state index in [1.165, 1.54) is 22.0 Å². The van der Waals surface area contributed by atoms with E-state index in [2.05, 4.69) is 10.2 Å². The van der Waals surface area contributed by atoms with Crippen molar-refractivity contribution >= 4 is 21.4 Å². The van der Waals surface area contributed by atoms with Gasteiger partial charge in [0.05, 0.1) is 20.6 Å². The minimum Gasteiger partial charge on any atom is -0.454 e. The van der Waals surface area contributed by atoms with Gasteiger partial charge in [0.15, 0.2) is 11.6 Å². The number of aryl methyl sites for hydroxylation is 2. The molecule has 0 aliphatic carbocycles. The molecule has 1 N–H and O–H groups in total. The summed E-state index contributed by atoms with van der Waals surface area (Å²) < 4.78 is 41.4. The van der Waals surface area contributed by atoms with Gasteiger partial charge in [-0.15, -0.1) is 21.5 Å². The van der Waals surface area contributed by atoms with E-state index >= 15 is 0 Å². The van der Waals surface area contributed by atoms with Crippen LogP contribution in [0.4, 0.5) is 8.78 Å². The molecule has 184 valence electrons. The van der Waals surface area contributed by atoms with Crippen LogP contribution in [0.5, 0.6) is 11.5 Å². The van der Waals surface area contributed by atoms with E-state index in [1.807, 2.05) is 0 Å². The van der Waals surface area contributed by atoms with Gasteiger partial charge in [-0.3, -0.25) is 4.79 Å². The molecule has 10 heteroatoms. The Morgan fingerprint density at radius 3 is 2.47 bits per heavy atom. The van der Waals surface area contributed by atoms with Gasteiger partial charge >= 0.3 is 0 Å². The van der Waals surface area contributed by atoms with Gasteiger partial charge in [0.25, 0.3) is 11.4 Å². The number of nitrogens with zero attached hydrogens (tertiary/aromatic N) is 3. The molecule has 0 saturated heterocycles. The summed E-state index contributed by atoms with van der Waals surface area (Å²) in [4.78, 5) is 13.6. The van der Waals surface area contributed by atoms with Crippen molar-refractivity contribution in [3.63, 3.8) is 0 Å². The summed E-state index contributed by atoms with van der Waals surface area (Å²) in [6, 6.07) is 9.74. The second-order valence-corrected chi connectivity index (χ2v) is 9.94. The Bertz CT molecular complexity index is 1680. The molecule has 0 aliphatic rings. The third kappa shape index (κ3) is 4.29. The zero-order chi connectivity index (χ0) is 25.8. The summed E-state index contributed by atoms with van der Waals surface area (Å²) in [6.07, 6.45) is 1.65. The molecule has 7 nitrogen and oxygen atoms in total. The normalized spacial score (nSPS) is 11.9. The number of halogens is 2. The van der Waals surface area contributed by atoms with Crippen molar-refractivity contribution in [1.82, 2.24) is 14.8 Å². The Labute approximate surface area is 208 Å². The lowest BCUT2D eigenvalue weighted by molar-refractivity contribution is 0.0786. The summed E-state index contributed by atoms with van der Waals surface area (Å²) >= 11 is 1.29. The van der Waals surface area contributed by atoms with Crippen LogP contribution in [0.3, 0.4) is 0 Å². The molecule has 0 bridgehead atoms. The van der Waals surface area contributed by atoms with Gasteiger partial charge in [0.2, 0.25) is 5.89 Å². The van der Waals surface area contributed by atoms with E-state index in [0.29, 0.717) is 37.5 Å². The maximum atomic E-state index is 14.4. The van der Waals surface area contributed by atoms with Crippen LogP contribution in [-0.4, -0.2) is 19.9 Å². The second kappa shape index (κ2) is 8.65. The zero-order valence-electron chi connectivity index (χ0n) is 19.8. The number of rotatable bonds is 5. The van der Waals surface area contributed by atoms with E-state index in [1.54, 1.807) is 58.3 Å². The molecular formula is C26H21F2N3O4S. The lowest BCUT2D eigenvalue weighted by Crippen LogP contribution is -2.17. The smallest absolute Gasteiger partial charge is 0.259 e. The van der Waals surface area contributed by atoms with Crippen LogP contribution in [0.15, 0.2) is 57.9 Å². The van der Waals surface area contributed by atoms with Crippen molar-refractivity contribution in [2.24, 2.45) is 7.05 Å². The number of pyridine rings is 1. The van der Waals surface area contributed by atoms with Crippen molar-refractivity contribution in [3.8, 4) is 33.4 Å². The molecule has 36 heavy (non-hydrogen) atoms. The number of thiophene rings is 1. The predicted octanol–water partition coefficient (Wildman–Crippen LogP) is 5.92. The monoisotopic (exact) mass is 509 g/mol. The topological polar surface area (TPSA) is 90.4 Å².